The van der Waals surface area contributed by atoms with E-state index in [0.29, 0.717) is 0 Å². The van der Waals surface area contributed by atoms with Crippen LogP contribution in [0.1, 0.15) is 0 Å². The molecule has 4 atom stereocenters. The number of phosphoric ester groups is 1. The lowest BCUT2D eigenvalue weighted by atomic mass is 10.1. The SMILES string of the molecule is O=C[C@H](F)[C@H](O)[C@H](O)[C@H](O)COP(=O)(O)O. The van der Waals surface area contributed by atoms with Crippen molar-refractivity contribution in [3.8, 4) is 0 Å². The molecule has 0 aliphatic heterocycles. The predicted molar refractivity (Wildman–Crippen MR) is 47.0 cm³/mol. The minimum Gasteiger partial charge on any atom is -0.388 e. The number of hydrogen-bond acceptors (Lipinski definition) is 6. The smallest absolute Gasteiger partial charge is 0.388 e. The molecule has 10 heteroatoms. The van der Waals surface area contributed by atoms with E-state index in [0.717, 1.165) is 0 Å². The van der Waals surface area contributed by atoms with E-state index in [2.05, 4.69) is 4.52 Å². The zero-order chi connectivity index (χ0) is 12.9. The Labute approximate surface area is 89.5 Å². The van der Waals surface area contributed by atoms with Gasteiger partial charge in [-0.05, 0) is 0 Å². The quantitative estimate of drug-likeness (QED) is 0.255. The molecule has 0 aromatic heterocycles. The Bertz CT molecular complexity index is 267. The Balaban J connectivity index is 4.22. The first-order chi connectivity index (χ1) is 7.19. The molecule has 8 nitrogen and oxygen atoms in total. The number of rotatable bonds is 7. The van der Waals surface area contributed by atoms with Gasteiger partial charge < -0.3 is 29.9 Å². The van der Waals surface area contributed by atoms with Crippen LogP contribution in [-0.4, -0.2) is 62.5 Å². The fourth-order valence-electron chi connectivity index (χ4n) is 0.769. The maximum Gasteiger partial charge on any atom is 0.469 e. The normalized spacial score (nSPS) is 19.9. The third kappa shape index (κ3) is 5.61. The summed E-state index contributed by atoms with van der Waals surface area (Å²) in [6.45, 7) is -1.02. The standard InChI is InChI=1S/C6H12FO8P/c7-3(1-8)5(10)6(11)4(9)2-15-16(12,13)14/h1,3-6,9-11H,2H2,(H2,12,13,14)/t3-,4+,5-,6+/m0/s1. The van der Waals surface area contributed by atoms with Gasteiger partial charge in [0.25, 0.3) is 0 Å². The van der Waals surface area contributed by atoms with Crippen LogP contribution in [0, 0.1) is 0 Å². The molecule has 0 aromatic rings. The third-order valence-electron chi connectivity index (χ3n) is 1.61. The van der Waals surface area contributed by atoms with Gasteiger partial charge in [-0.25, -0.2) is 8.96 Å². The maximum atomic E-state index is 12.5. The van der Waals surface area contributed by atoms with Gasteiger partial charge in [-0.15, -0.1) is 0 Å². The topological polar surface area (TPSA) is 145 Å². The Morgan fingerprint density at radius 1 is 1.25 bits per heavy atom. The summed E-state index contributed by atoms with van der Waals surface area (Å²) in [7, 11) is -4.84. The van der Waals surface area contributed by atoms with E-state index < -0.39 is 38.9 Å². The first-order valence-electron chi connectivity index (χ1n) is 4.02. The fourth-order valence-corrected chi connectivity index (χ4v) is 1.12. The summed E-state index contributed by atoms with van der Waals surface area (Å²) >= 11 is 0. The Kier molecular flexibility index (Phi) is 6.19. The van der Waals surface area contributed by atoms with Crippen molar-refractivity contribution in [3.05, 3.63) is 0 Å². The molecule has 0 radical (unpaired) electrons. The average molecular weight is 262 g/mol. The lowest BCUT2D eigenvalue weighted by Gasteiger charge is -2.23. The van der Waals surface area contributed by atoms with Crippen LogP contribution in [-0.2, 0) is 13.9 Å². The highest BCUT2D eigenvalue weighted by molar-refractivity contribution is 7.46. The molecule has 0 rings (SSSR count). The molecule has 0 fully saturated rings. The van der Waals surface area contributed by atoms with Crippen molar-refractivity contribution in [1.82, 2.24) is 0 Å². The maximum absolute atomic E-state index is 12.5. The van der Waals surface area contributed by atoms with E-state index in [4.69, 9.17) is 25.1 Å². The molecular weight excluding hydrogens is 250 g/mol. The molecule has 0 saturated heterocycles. The van der Waals surface area contributed by atoms with Gasteiger partial charge in [-0.3, -0.25) is 4.52 Å². The summed E-state index contributed by atoms with van der Waals surface area (Å²) in [4.78, 5) is 26.4. The highest BCUT2D eigenvalue weighted by Crippen LogP contribution is 2.35. The second kappa shape index (κ2) is 6.36. The number of phosphoric acid groups is 1. The molecule has 0 aliphatic rings. The molecule has 96 valence electrons. The lowest BCUT2D eigenvalue weighted by molar-refractivity contribution is -0.127. The van der Waals surface area contributed by atoms with Gasteiger partial charge in [0.2, 0.25) is 0 Å². The molecule has 0 heterocycles. The van der Waals surface area contributed by atoms with Crippen LogP contribution in [0.4, 0.5) is 4.39 Å². The minimum atomic E-state index is -4.84. The largest absolute Gasteiger partial charge is 0.469 e. The van der Waals surface area contributed by atoms with Gasteiger partial charge in [0.1, 0.15) is 18.3 Å². The second-order valence-corrected chi connectivity index (χ2v) is 4.15. The first-order valence-corrected chi connectivity index (χ1v) is 5.55. The molecule has 0 aromatic carbocycles. The van der Waals surface area contributed by atoms with E-state index in [-0.39, 0.29) is 6.29 Å². The summed E-state index contributed by atoms with van der Waals surface area (Å²) in [5.41, 5.74) is 0. The highest BCUT2D eigenvalue weighted by Gasteiger charge is 2.32. The first kappa shape index (κ1) is 15.6. The molecule has 0 unspecified atom stereocenters. The van der Waals surface area contributed by atoms with Crippen molar-refractivity contribution in [3.63, 3.8) is 0 Å². The van der Waals surface area contributed by atoms with Gasteiger partial charge in [0, 0.05) is 0 Å². The Hall–Kier alpha value is -0.410. The van der Waals surface area contributed by atoms with Crippen molar-refractivity contribution in [2.24, 2.45) is 0 Å². The molecule has 0 amide bonds. The number of alkyl halides is 1. The second-order valence-electron chi connectivity index (χ2n) is 2.92. The van der Waals surface area contributed by atoms with Crippen LogP contribution < -0.4 is 0 Å². The number of hydrogen-bond donors (Lipinski definition) is 5. The molecular formula is C6H12FO8P. The van der Waals surface area contributed by atoms with Gasteiger partial charge in [-0.2, -0.15) is 0 Å². The third-order valence-corrected chi connectivity index (χ3v) is 2.10. The molecule has 0 spiro atoms. The van der Waals surface area contributed by atoms with E-state index >= 15 is 0 Å². The molecule has 0 saturated carbocycles. The molecule has 16 heavy (non-hydrogen) atoms. The van der Waals surface area contributed by atoms with E-state index in [1.165, 1.54) is 0 Å². The summed E-state index contributed by atoms with van der Waals surface area (Å²) in [6, 6.07) is 0. The van der Waals surface area contributed by atoms with Crippen molar-refractivity contribution < 1.29 is 43.4 Å². The van der Waals surface area contributed by atoms with Crippen molar-refractivity contribution >= 4 is 14.1 Å². The van der Waals surface area contributed by atoms with Crippen LogP contribution in [0.15, 0.2) is 0 Å². The molecule has 5 N–H and O–H groups in total. The van der Waals surface area contributed by atoms with E-state index in [1.807, 2.05) is 0 Å². The zero-order valence-corrected chi connectivity index (χ0v) is 8.77. The number of aliphatic hydroxyl groups is 3. The summed E-state index contributed by atoms with van der Waals surface area (Å²) in [6.07, 6.45) is -8.95. The Morgan fingerprint density at radius 2 is 1.75 bits per heavy atom. The number of carbonyl (C=O) groups is 1. The molecule has 0 bridgehead atoms. The average Bonchev–Trinajstić information content (AvgIpc) is 2.21. The number of aliphatic hydroxyl groups excluding tert-OH is 3. The summed E-state index contributed by atoms with van der Waals surface area (Å²) < 4.78 is 26.5. The lowest BCUT2D eigenvalue weighted by Crippen LogP contribution is -2.45. The summed E-state index contributed by atoms with van der Waals surface area (Å²) in [5.74, 6) is 0. The van der Waals surface area contributed by atoms with Crippen LogP contribution in [0.3, 0.4) is 0 Å². The summed E-state index contributed by atoms with van der Waals surface area (Å²) in [5, 5.41) is 27.0. The van der Waals surface area contributed by atoms with Crippen molar-refractivity contribution in [2.45, 2.75) is 24.5 Å². The minimum absolute atomic E-state index is 0.287. The van der Waals surface area contributed by atoms with Crippen LogP contribution >= 0.6 is 7.82 Å². The van der Waals surface area contributed by atoms with Gasteiger partial charge in [-0.1, -0.05) is 0 Å². The monoisotopic (exact) mass is 262 g/mol. The zero-order valence-electron chi connectivity index (χ0n) is 7.88. The predicted octanol–water partition coefficient (Wildman–Crippen LogP) is -2.28. The number of halogens is 1. The van der Waals surface area contributed by atoms with Crippen LogP contribution in [0.5, 0.6) is 0 Å². The number of aldehydes is 1. The van der Waals surface area contributed by atoms with Crippen molar-refractivity contribution in [2.75, 3.05) is 6.61 Å². The van der Waals surface area contributed by atoms with Crippen LogP contribution in [0.25, 0.3) is 0 Å². The highest BCUT2D eigenvalue weighted by atomic mass is 31.2. The van der Waals surface area contributed by atoms with Gasteiger partial charge >= 0.3 is 7.82 Å². The number of carbonyl (C=O) groups excluding carboxylic acids is 1. The molecule has 0 aliphatic carbocycles. The van der Waals surface area contributed by atoms with Gasteiger partial charge in [0.05, 0.1) is 6.61 Å². The van der Waals surface area contributed by atoms with E-state index in [1.54, 1.807) is 0 Å². The van der Waals surface area contributed by atoms with Gasteiger partial charge in [0.15, 0.2) is 12.5 Å². The van der Waals surface area contributed by atoms with Crippen molar-refractivity contribution in [1.29, 1.82) is 0 Å². The van der Waals surface area contributed by atoms with E-state index in [9.17, 15) is 13.8 Å². The fraction of sp³-hybridized carbons (Fsp3) is 0.833. The Morgan fingerprint density at radius 3 is 2.12 bits per heavy atom. The van der Waals surface area contributed by atoms with Crippen LogP contribution in [0.2, 0.25) is 0 Å².